The molecule has 98 valence electrons. The van der Waals surface area contributed by atoms with Crippen LogP contribution in [0, 0.1) is 0 Å². The van der Waals surface area contributed by atoms with Crippen LogP contribution < -0.4 is 4.74 Å². The van der Waals surface area contributed by atoms with Crippen molar-refractivity contribution in [2.45, 2.75) is 0 Å². The van der Waals surface area contributed by atoms with Crippen LogP contribution in [0.2, 0.25) is 0 Å². The van der Waals surface area contributed by atoms with Crippen LogP contribution in [0.3, 0.4) is 0 Å². The number of aromatic nitrogens is 2. The van der Waals surface area contributed by atoms with Gasteiger partial charge in [-0.1, -0.05) is 0 Å². The molecule has 0 saturated heterocycles. The number of nitrogens with one attached hydrogen (secondary N) is 1. The summed E-state index contributed by atoms with van der Waals surface area (Å²) in [4.78, 5) is 11.3. The van der Waals surface area contributed by atoms with Crippen LogP contribution in [0.1, 0.15) is 10.5 Å². The third-order valence-corrected chi connectivity index (χ3v) is 2.12. The first kappa shape index (κ1) is 15.0. The molecule has 5 heteroatoms. The van der Waals surface area contributed by atoms with Gasteiger partial charge in [0.1, 0.15) is 5.69 Å². The van der Waals surface area contributed by atoms with Gasteiger partial charge in [-0.3, -0.25) is 5.10 Å². The minimum absolute atomic E-state index is 0. The van der Waals surface area contributed by atoms with Crippen molar-refractivity contribution in [2.24, 2.45) is 0 Å². The van der Waals surface area contributed by atoms with Crippen molar-refractivity contribution in [1.29, 1.82) is 0 Å². The molecule has 0 unspecified atom stereocenters. The molecule has 19 heavy (non-hydrogen) atoms. The second kappa shape index (κ2) is 8.08. The van der Waals surface area contributed by atoms with E-state index < -0.39 is 5.97 Å². The molecule has 0 spiro atoms. The first-order valence-electron chi connectivity index (χ1n) is 5.46. The Kier molecular flexibility index (Phi) is 6.36. The minimum Gasteiger partial charge on any atom is -0.513 e. The number of rotatable bonds is 2. The molecule has 0 radical (unpaired) electrons. The molecule has 3 aromatic rings. The Morgan fingerprint density at radius 3 is 2.37 bits per heavy atom. The van der Waals surface area contributed by atoms with Crippen LogP contribution in [-0.2, 0) is 17.1 Å². The van der Waals surface area contributed by atoms with E-state index in [1.807, 2.05) is 30.3 Å². The average molecular weight is 296 g/mol. The van der Waals surface area contributed by atoms with Crippen LogP contribution in [-0.4, -0.2) is 16.2 Å². The van der Waals surface area contributed by atoms with Gasteiger partial charge in [0.15, 0.2) is 0 Å². The molecule has 0 amide bonds. The standard InChI is InChI=1S/C9H7N2O2.C5H5.Fe/c12-9(8-5-6-10-11-8)13-7-3-1-2-4-7;1-2-4-5-3-1;/h1-6H,(H,10,11);1-5H;/q2*-1;+2. The molecule has 4 nitrogen and oxygen atoms in total. The zero-order valence-corrected chi connectivity index (χ0v) is 11.1. The van der Waals surface area contributed by atoms with E-state index in [0.717, 1.165) is 0 Å². The number of hydrogen-bond donors (Lipinski definition) is 1. The topological polar surface area (TPSA) is 55.0 Å². The summed E-state index contributed by atoms with van der Waals surface area (Å²) in [5.74, 6) is 0.114. The van der Waals surface area contributed by atoms with E-state index in [-0.39, 0.29) is 17.1 Å². The zero-order valence-electron chi connectivity index (χ0n) is 9.97. The summed E-state index contributed by atoms with van der Waals surface area (Å²) in [6, 6.07) is 18.6. The van der Waals surface area contributed by atoms with Gasteiger partial charge in [0.25, 0.3) is 5.97 Å². The fourth-order valence-electron chi connectivity index (χ4n) is 1.28. The number of ether oxygens (including phenoxy) is 1. The molecule has 0 aliphatic rings. The summed E-state index contributed by atoms with van der Waals surface area (Å²) in [6.07, 6.45) is 1.50. The first-order chi connectivity index (χ1) is 8.86. The molecule has 0 fully saturated rings. The van der Waals surface area contributed by atoms with Crippen molar-refractivity contribution in [2.75, 3.05) is 0 Å². The summed E-state index contributed by atoms with van der Waals surface area (Å²) in [5.41, 5.74) is 0.348. The number of carbonyl (C=O) groups excluding carboxylic acids is 1. The van der Waals surface area contributed by atoms with Crippen molar-refractivity contribution >= 4 is 5.97 Å². The Labute approximate surface area is 121 Å². The number of hydrogen-bond acceptors (Lipinski definition) is 3. The number of carbonyl (C=O) groups is 1. The van der Waals surface area contributed by atoms with Gasteiger partial charge in [-0.25, -0.2) is 12.1 Å². The second-order valence-electron chi connectivity index (χ2n) is 3.44. The van der Waals surface area contributed by atoms with Gasteiger partial charge in [-0.05, 0) is 6.07 Å². The Morgan fingerprint density at radius 2 is 1.89 bits per heavy atom. The minimum atomic E-state index is -0.427. The Balaban J connectivity index is 0.000000256. The van der Waals surface area contributed by atoms with E-state index in [9.17, 15) is 4.79 Å². The second-order valence-corrected chi connectivity index (χ2v) is 3.44. The van der Waals surface area contributed by atoms with E-state index in [1.165, 1.54) is 6.20 Å². The summed E-state index contributed by atoms with van der Waals surface area (Å²) in [5, 5.41) is 6.17. The maximum absolute atomic E-state index is 11.3. The summed E-state index contributed by atoms with van der Waals surface area (Å²) < 4.78 is 4.99. The predicted octanol–water partition coefficient (Wildman–Crippen LogP) is 2.75. The fourth-order valence-corrected chi connectivity index (χ4v) is 1.28. The SMILES string of the molecule is O=C(O[c-]1cccc1)c1ccn[nH]1.[Fe+2].c1cc[cH-]c1. The molecular weight excluding hydrogens is 284 g/mol. The molecule has 2 aromatic carbocycles. The monoisotopic (exact) mass is 296 g/mol. The normalized spacial score (nSPS) is 8.84. The molecule has 0 aliphatic heterocycles. The van der Waals surface area contributed by atoms with Crippen molar-refractivity contribution in [3.05, 3.63) is 72.6 Å². The van der Waals surface area contributed by atoms with Crippen molar-refractivity contribution in [3.8, 4) is 5.75 Å². The van der Waals surface area contributed by atoms with E-state index in [4.69, 9.17) is 4.74 Å². The molecule has 3 rings (SSSR count). The van der Waals surface area contributed by atoms with Gasteiger partial charge in [0.05, 0.1) is 0 Å². The van der Waals surface area contributed by atoms with Crippen LogP contribution in [0.15, 0.2) is 66.9 Å². The van der Waals surface area contributed by atoms with Crippen LogP contribution >= 0.6 is 0 Å². The van der Waals surface area contributed by atoms with E-state index >= 15 is 0 Å². The third kappa shape index (κ3) is 4.95. The van der Waals surface area contributed by atoms with Gasteiger partial charge in [0.2, 0.25) is 0 Å². The zero-order chi connectivity index (χ0) is 12.6. The van der Waals surface area contributed by atoms with Gasteiger partial charge >= 0.3 is 17.1 Å². The molecule has 0 aliphatic carbocycles. The Hall–Kier alpha value is -2.10. The van der Waals surface area contributed by atoms with Crippen molar-refractivity contribution in [1.82, 2.24) is 10.2 Å². The Morgan fingerprint density at radius 1 is 1.21 bits per heavy atom. The maximum Gasteiger partial charge on any atom is 2.00 e. The number of esters is 1. The molecule has 1 aromatic heterocycles. The van der Waals surface area contributed by atoms with Gasteiger partial charge < -0.3 is 9.53 Å². The largest absolute Gasteiger partial charge is 2.00 e. The first-order valence-corrected chi connectivity index (χ1v) is 5.46. The summed E-state index contributed by atoms with van der Waals surface area (Å²) in [7, 11) is 0. The van der Waals surface area contributed by atoms with Crippen LogP contribution in [0.25, 0.3) is 0 Å². The number of H-pyrrole nitrogens is 1. The van der Waals surface area contributed by atoms with Gasteiger partial charge in [-0.15, -0.1) is 12.1 Å². The summed E-state index contributed by atoms with van der Waals surface area (Å²) in [6.45, 7) is 0. The molecular formula is C14H12FeN2O2. The average Bonchev–Trinajstić information content (AvgIpc) is 3.15. The smallest absolute Gasteiger partial charge is 0.513 e. The van der Waals surface area contributed by atoms with E-state index in [1.54, 1.807) is 30.3 Å². The molecule has 1 heterocycles. The van der Waals surface area contributed by atoms with Gasteiger partial charge in [-0.2, -0.15) is 35.4 Å². The molecule has 1 N–H and O–H groups in total. The number of aromatic amines is 1. The fraction of sp³-hybridized carbons (Fsp3) is 0. The quantitative estimate of drug-likeness (QED) is 0.449. The van der Waals surface area contributed by atoms with Crippen LogP contribution in [0.4, 0.5) is 0 Å². The van der Waals surface area contributed by atoms with Crippen molar-refractivity contribution < 1.29 is 26.6 Å². The van der Waals surface area contributed by atoms with E-state index in [0.29, 0.717) is 11.4 Å². The van der Waals surface area contributed by atoms with Crippen molar-refractivity contribution in [3.63, 3.8) is 0 Å². The molecule has 0 saturated carbocycles. The number of nitrogens with zero attached hydrogens (tertiary/aromatic N) is 1. The van der Waals surface area contributed by atoms with Gasteiger partial charge in [0, 0.05) is 11.9 Å². The van der Waals surface area contributed by atoms with Crippen LogP contribution in [0.5, 0.6) is 5.75 Å². The maximum atomic E-state index is 11.3. The third-order valence-electron chi connectivity index (χ3n) is 2.12. The predicted molar refractivity (Wildman–Crippen MR) is 67.6 cm³/mol. The molecule has 0 bridgehead atoms. The molecule has 0 atom stereocenters. The van der Waals surface area contributed by atoms with E-state index in [2.05, 4.69) is 10.2 Å². The Bertz CT molecular complexity index is 525. The summed E-state index contributed by atoms with van der Waals surface area (Å²) >= 11 is 0.